The van der Waals surface area contributed by atoms with E-state index in [1.54, 1.807) is 34.6 Å². The first-order valence-electron chi connectivity index (χ1n) is 18.3. The molecular weight excluding hydrogens is 750 g/mol. The van der Waals surface area contributed by atoms with Crippen LogP contribution in [0, 0.1) is 24.5 Å². The summed E-state index contributed by atoms with van der Waals surface area (Å²) in [5, 5.41) is 7.09. The largest absolute Gasteiger partial charge is 0.383 e. The molecule has 4 aromatic rings. The van der Waals surface area contributed by atoms with Crippen LogP contribution in [0.5, 0.6) is 0 Å². The van der Waals surface area contributed by atoms with Gasteiger partial charge in [0, 0.05) is 87.2 Å². The van der Waals surface area contributed by atoms with Gasteiger partial charge in [0.05, 0.1) is 62.0 Å². The molecule has 2 aliphatic rings. The molecular formula is C38H46ClF2N10O5+. The van der Waals surface area contributed by atoms with Crippen LogP contribution in [-0.2, 0) is 27.9 Å². The fraction of sp³-hybridized carbons (Fsp3) is 0.421. The number of piperidine rings is 1. The van der Waals surface area contributed by atoms with Gasteiger partial charge in [0.15, 0.2) is 24.0 Å². The minimum absolute atomic E-state index is 0.0553. The second kappa shape index (κ2) is 16.9. The van der Waals surface area contributed by atoms with Crippen molar-refractivity contribution in [1.29, 1.82) is 0 Å². The number of anilines is 1. The number of methoxy groups -OCH3 is 1. The first-order valence-corrected chi connectivity index (χ1v) is 18.7. The Labute approximate surface area is 327 Å². The molecule has 4 amide bonds. The lowest BCUT2D eigenvalue weighted by atomic mass is 9.93. The molecule has 4 heterocycles. The zero-order valence-corrected chi connectivity index (χ0v) is 32.5. The van der Waals surface area contributed by atoms with Crippen LogP contribution in [0.15, 0.2) is 42.7 Å². The molecule has 298 valence electrons. The summed E-state index contributed by atoms with van der Waals surface area (Å²) >= 11 is 6.55. The molecule has 56 heavy (non-hydrogen) atoms. The summed E-state index contributed by atoms with van der Waals surface area (Å²) in [5.74, 6) is 1.81. The Morgan fingerprint density at radius 1 is 0.982 bits per heavy atom. The Bertz CT molecular complexity index is 2140. The number of likely N-dealkylation sites (N-methyl/N-ethyl adjacent to an activating group) is 1. The first kappa shape index (κ1) is 40.4. The van der Waals surface area contributed by atoms with Gasteiger partial charge in [0.2, 0.25) is 5.91 Å². The summed E-state index contributed by atoms with van der Waals surface area (Å²) in [7, 11) is 5.07. The maximum Gasteiger partial charge on any atom is 0.291 e. The number of rotatable bonds is 11. The first-order chi connectivity index (χ1) is 26.7. The van der Waals surface area contributed by atoms with Gasteiger partial charge in [0.25, 0.3) is 17.7 Å². The fourth-order valence-corrected chi connectivity index (χ4v) is 7.70. The van der Waals surface area contributed by atoms with Gasteiger partial charge >= 0.3 is 0 Å². The van der Waals surface area contributed by atoms with Gasteiger partial charge in [-0.3, -0.25) is 29.3 Å². The Kier molecular flexibility index (Phi) is 12.2. The number of benzene rings is 2. The van der Waals surface area contributed by atoms with E-state index in [0.717, 1.165) is 0 Å². The van der Waals surface area contributed by atoms with Crippen LogP contribution in [0.2, 0.25) is 5.02 Å². The second-order valence-electron chi connectivity index (χ2n) is 14.5. The minimum Gasteiger partial charge on any atom is -0.383 e. The number of hydrogen-bond acceptors (Lipinski definition) is 8. The molecule has 2 aliphatic heterocycles. The van der Waals surface area contributed by atoms with E-state index in [1.165, 1.54) is 48.3 Å². The lowest BCUT2D eigenvalue weighted by molar-refractivity contribution is -0.907. The van der Waals surface area contributed by atoms with Gasteiger partial charge in [-0.1, -0.05) is 17.7 Å². The number of hydrogen-bond donors (Lipinski definition) is 3. The molecule has 2 fully saturated rings. The number of quaternary nitrogens is 1. The summed E-state index contributed by atoms with van der Waals surface area (Å²) in [6.07, 6.45) is 4.11. The molecule has 6 rings (SSSR count). The van der Waals surface area contributed by atoms with Crippen LogP contribution in [-0.4, -0.2) is 124 Å². The summed E-state index contributed by atoms with van der Waals surface area (Å²) in [6.45, 7) is 5.76. The number of aromatic nitrogens is 4. The number of ether oxygens (including phenoxy) is 1. The van der Waals surface area contributed by atoms with E-state index < -0.39 is 17.5 Å². The molecule has 0 aliphatic carbocycles. The van der Waals surface area contributed by atoms with E-state index in [1.807, 2.05) is 7.05 Å². The monoisotopic (exact) mass is 795 g/mol. The number of halogens is 3. The number of nitrogens with two attached hydrogens (primary N) is 1. The Morgan fingerprint density at radius 2 is 1.64 bits per heavy atom. The van der Waals surface area contributed by atoms with Crippen LogP contribution in [0.3, 0.4) is 0 Å². The predicted molar refractivity (Wildman–Crippen MR) is 204 cm³/mol. The average molecular weight is 796 g/mol. The highest BCUT2D eigenvalue weighted by Gasteiger charge is 2.37. The van der Waals surface area contributed by atoms with Gasteiger partial charge in [-0.25, -0.2) is 19.6 Å². The van der Waals surface area contributed by atoms with Crippen molar-refractivity contribution in [1.82, 2.24) is 34.6 Å². The maximum atomic E-state index is 15.5. The SMILES string of the molecule is COCCn1ncc(-c2ccc(-c3cnc(C(=O)Nc4ccc(C(=O)N5CCN(C(=O)C6CC[N+](C)(CC(=O)NN)CC6)CC5)c(Cl)c4)n3C)c(F)c2F)c1C. The van der Waals surface area contributed by atoms with Gasteiger partial charge in [-0.05, 0) is 31.2 Å². The summed E-state index contributed by atoms with van der Waals surface area (Å²) in [5.41, 5.74) is 3.99. The highest BCUT2D eigenvalue weighted by atomic mass is 35.5. The third kappa shape index (κ3) is 8.30. The lowest BCUT2D eigenvalue weighted by Gasteiger charge is -2.41. The van der Waals surface area contributed by atoms with Crippen molar-refractivity contribution in [3.63, 3.8) is 0 Å². The lowest BCUT2D eigenvalue weighted by Crippen LogP contribution is -2.57. The molecule has 2 aromatic heterocycles. The van der Waals surface area contributed by atoms with Crippen molar-refractivity contribution in [2.45, 2.75) is 26.3 Å². The van der Waals surface area contributed by atoms with Crippen LogP contribution in [0.25, 0.3) is 22.4 Å². The molecule has 0 spiro atoms. The molecule has 0 unspecified atom stereocenters. The zero-order chi connectivity index (χ0) is 40.3. The van der Waals surface area contributed by atoms with Gasteiger partial charge < -0.3 is 28.9 Å². The fourth-order valence-electron chi connectivity index (χ4n) is 7.44. The van der Waals surface area contributed by atoms with Crippen molar-refractivity contribution < 1.29 is 37.2 Å². The Balaban J connectivity index is 1.05. The summed E-state index contributed by atoms with van der Waals surface area (Å²) < 4.78 is 39.7. The molecule has 0 bridgehead atoms. The van der Waals surface area contributed by atoms with E-state index in [0.29, 0.717) is 86.7 Å². The number of hydrazine groups is 1. The van der Waals surface area contributed by atoms with Crippen molar-refractivity contribution in [3.05, 3.63) is 76.5 Å². The van der Waals surface area contributed by atoms with E-state index >= 15 is 8.78 Å². The molecule has 0 saturated carbocycles. The number of nitrogens with one attached hydrogen (secondary N) is 2. The quantitative estimate of drug-likeness (QED) is 0.0900. The average Bonchev–Trinajstić information content (AvgIpc) is 3.75. The van der Waals surface area contributed by atoms with Gasteiger partial charge in [-0.2, -0.15) is 5.10 Å². The van der Waals surface area contributed by atoms with E-state index in [2.05, 4.69) is 20.8 Å². The van der Waals surface area contributed by atoms with E-state index in [4.69, 9.17) is 22.2 Å². The van der Waals surface area contributed by atoms with Crippen LogP contribution in [0.4, 0.5) is 14.5 Å². The second-order valence-corrected chi connectivity index (χ2v) is 14.9. The van der Waals surface area contributed by atoms with Crippen LogP contribution in [0.1, 0.15) is 39.5 Å². The van der Waals surface area contributed by atoms with Crippen LogP contribution < -0.4 is 16.6 Å². The summed E-state index contributed by atoms with van der Waals surface area (Å²) in [6, 6.07) is 7.42. The number of carbonyl (C=O) groups is 4. The van der Waals surface area contributed by atoms with Crippen LogP contribution >= 0.6 is 11.6 Å². The highest BCUT2D eigenvalue weighted by Crippen LogP contribution is 2.33. The van der Waals surface area contributed by atoms with Gasteiger partial charge in [-0.15, -0.1) is 0 Å². The number of nitrogens with zero attached hydrogens (tertiary/aromatic N) is 7. The molecule has 0 radical (unpaired) electrons. The minimum atomic E-state index is -1.09. The summed E-state index contributed by atoms with van der Waals surface area (Å²) in [4.78, 5) is 59.5. The van der Waals surface area contributed by atoms with Gasteiger partial charge in [0.1, 0.15) is 0 Å². The number of amides is 4. The predicted octanol–water partition coefficient (Wildman–Crippen LogP) is 3.22. The molecule has 2 aromatic carbocycles. The van der Waals surface area contributed by atoms with Crippen molar-refractivity contribution in [3.8, 4) is 22.4 Å². The molecule has 18 heteroatoms. The number of piperazine rings is 1. The molecule has 2 saturated heterocycles. The highest BCUT2D eigenvalue weighted by molar-refractivity contribution is 6.34. The molecule has 0 atom stereocenters. The normalized spacial score (nSPS) is 18.5. The zero-order valence-electron chi connectivity index (χ0n) is 31.8. The standard InChI is InChI=1S/C38H45ClF2N10O5/c1-23-29(20-44-50(23)15-18-56-4)26-7-8-28(34(41)33(26)40)31-21-43-35(47(31)2)36(53)45-25-5-6-27(30(39)19-25)38(55)49-13-11-48(12-14-49)37(54)24-9-16-51(3,17-10-24)22-32(52)46-42/h5-8,19-21,24H,9-18,22H2,1-4H3,(H3-,42,43,45,46,52,53,55)/p+1. The Hall–Kier alpha value is -5.23. The number of carbonyl (C=O) groups excluding carboxylic acids is 4. The van der Waals surface area contributed by atoms with Crippen molar-refractivity contribution in [2.24, 2.45) is 18.8 Å². The Morgan fingerprint density at radius 3 is 2.30 bits per heavy atom. The number of imidazole rings is 1. The van der Waals surface area contributed by atoms with E-state index in [-0.39, 0.29) is 63.4 Å². The smallest absolute Gasteiger partial charge is 0.291 e. The van der Waals surface area contributed by atoms with E-state index in [9.17, 15) is 19.2 Å². The third-order valence-corrected chi connectivity index (χ3v) is 11.2. The maximum absolute atomic E-state index is 15.5. The third-order valence-electron chi connectivity index (χ3n) is 10.9. The van der Waals surface area contributed by atoms with Crippen molar-refractivity contribution >= 4 is 40.9 Å². The van der Waals surface area contributed by atoms with Crippen molar-refractivity contribution in [2.75, 3.05) is 71.9 Å². The molecule has 15 nitrogen and oxygen atoms in total. The topological polar surface area (TPSA) is 170 Å². The number of likely N-dealkylation sites (tertiary alicyclic amines) is 1. The molecule has 4 N–H and O–H groups in total.